The Bertz CT molecular complexity index is 827. The molecule has 1 aliphatic heterocycles. The van der Waals surface area contributed by atoms with E-state index in [1.165, 1.54) is 17.3 Å². The summed E-state index contributed by atoms with van der Waals surface area (Å²) < 4.78 is 0.554. The molecule has 2 nitrogen and oxygen atoms in total. The molecule has 1 heterocycles. The smallest absolute Gasteiger partial charge is 0.268 e. The molecule has 0 N–H and O–H groups in total. The zero-order valence-electron chi connectivity index (χ0n) is 12.7. The van der Waals surface area contributed by atoms with Crippen molar-refractivity contribution in [2.24, 2.45) is 0 Å². The van der Waals surface area contributed by atoms with E-state index in [9.17, 15) is 4.79 Å². The van der Waals surface area contributed by atoms with Gasteiger partial charge in [0.05, 0.1) is 10.6 Å². The fourth-order valence-electron chi connectivity index (χ4n) is 2.27. The molecule has 23 heavy (non-hydrogen) atoms. The van der Waals surface area contributed by atoms with Gasteiger partial charge in [0.2, 0.25) is 0 Å². The van der Waals surface area contributed by atoms with E-state index in [-0.39, 0.29) is 5.91 Å². The van der Waals surface area contributed by atoms with Crippen molar-refractivity contribution in [3.8, 4) is 0 Å². The van der Waals surface area contributed by atoms with Crippen molar-refractivity contribution in [1.82, 2.24) is 0 Å². The summed E-state index contributed by atoms with van der Waals surface area (Å²) >= 11 is 12.6. The van der Waals surface area contributed by atoms with Crippen LogP contribution in [-0.2, 0) is 4.79 Å². The third-order valence-electron chi connectivity index (χ3n) is 3.71. The van der Waals surface area contributed by atoms with Crippen LogP contribution >= 0.6 is 35.6 Å². The van der Waals surface area contributed by atoms with E-state index in [0.29, 0.717) is 14.2 Å². The van der Waals surface area contributed by atoms with Crippen LogP contribution in [0.5, 0.6) is 0 Å². The molecule has 1 fully saturated rings. The Morgan fingerprint density at radius 1 is 1.09 bits per heavy atom. The lowest BCUT2D eigenvalue weighted by molar-refractivity contribution is -0.113. The highest BCUT2D eigenvalue weighted by Crippen LogP contribution is 2.36. The number of anilines is 1. The number of amides is 1. The molecule has 5 heteroatoms. The molecule has 0 aromatic heterocycles. The first-order chi connectivity index (χ1) is 11.0. The van der Waals surface area contributed by atoms with Gasteiger partial charge in [-0.1, -0.05) is 53.8 Å². The van der Waals surface area contributed by atoms with Gasteiger partial charge in [-0.15, -0.1) is 0 Å². The first-order valence-electron chi connectivity index (χ1n) is 7.06. The van der Waals surface area contributed by atoms with Gasteiger partial charge in [-0.25, -0.2) is 0 Å². The molecule has 3 rings (SSSR count). The zero-order chi connectivity index (χ0) is 16.6. The summed E-state index contributed by atoms with van der Waals surface area (Å²) in [5.74, 6) is -0.0850. The summed E-state index contributed by atoms with van der Waals surface area (Å²) in [4.78, 5) is 14.9. The van der Waals surface area contributed by atoms with E-state index in [1.807, 2.05) is 50.3 Å². The Labute approximate surface area is 150 Å². The fourth-order valence-corrected chi connectivity index (χ4v) is 3.69. The van der Waals surface area contributed by atoms with Crippen LogP contribution in [0.3, 0.4) is 0 Å². The van der Waals surface area contributed by atoms with Gasteiger partial charge >= 0.3 is 0 Å². The second-order valence-corrected chi connectivity index (χ2v) is 7.45. The van der Waals surface area contributed by atoms with Gasteiger partial charge in [0.25, 0.3) is 5.91 Å². The number of aryl methyl sites for hydroxylation is 2. The molecule has 2 aromatic rings. The van der Waals surface area contributed by atoms with Gasteiger partial charge in [0, 0.05) is 5.02 Å². The molecule has 0 aliphatic carbocycles. The molecule has 1 amide bonds. The van der Waals surface area contributed by atoms with Gasteiger partial charge in [-0.3, -0.25) is 9.69 Å². The minimum Gasteiger partial charge on any atom is -0.268 e. The second kappa shape index (κ2) is 6.48. The van der Waals surface area contributed by atoms with E-state index >= 15 is 0 Å². The minimum atomic E-state index is -0.0850. The summed E-state index contributed by atoms with van der Waals surface area (Å²) in [6, 6.07) is 13.3. The summed E-state index contributed by atoms with van der Waals surface area (Å²) in [6.45, 7) is 4.07. The van der Waals surface area contributed by atoms with Gasteiger partial charge in [0.1, 0.15) is 0 Å². The van der Waals surface area contributed by atoms with Crippen LogP contribution in [0, 0.1) is 13.8 Å². The average Bonchev–Trinajstić information content (AvgIpc) is 2.79. The van der Waals surface area contributed by atoms with Crippen LogP contribution in [-0.4, -0.2) is 10.2 Å². The number of hydrogen-bond acceptors (Lipinski definition) is 3. The normalized spacial score (nSPS) is 16.5. The van der Waals surface area contributed by atoms with Gasteiger partial charge in [-0.2, -0.15) is 0 Å². The first-order valence-corrected chi connectivity index (χ1v) is 8.67. The summed E-state index contributed by atoms with van der Waals surface area (Å²) in [6.07, 6.45) is 1.84. The van der Waals surface area contributed by atoms with Crippen molar-refractivity contribution in [1.29, 1.82) is 0 Å². The SMILES string of the molecule is Cc1ccc(N2C(=O)C(=Cc3ccc(Cl)cc3)SC2=S)cc1C. The number of thioether (sulfide) groups is 1. The van der Waals surface area contributed by atoms with Crippen LogP contribution in [0.4, 0.5) is 5.69 Å². The Morgan fingerprint density at radius 2 is 1.78 bits per heavy atom. The summed E-state index contributed by atoms with van der Waals surface area (Å²) in [5.41, 5.74) is 4.07. The molecule has 0 atom stereocenters. The maximum atomic E-state index is 12.7. The monoisotopic (exact) mass is 359 g/mol. The molecule has 0 radical (unpaired) electrons. The quantitative estimate of drug-likeness (QED) is 0.531. The van der Waals surface area contributed by atoms with Crippen molar-refractivity contribution < 1.29 is 4.79 Å². The predicted octanol–water partition coefficient (Wildman–Crippen LogP) is 5.36. The van der Waals surface area contributed by atoms with E-state index in [2.05, 4.69) is 0 Å². The molecule has 116 valence electrons. The third kappa shape index (κ3) is 3.34. The lowest BCUT2D eigenvalue weighted by Gasteiger charge is -2.15. The van der Waals surface area contributed by atoms with E-state index in [1.54, 1.807) is 17.0 Å². The zero-order valence-corrected chi connectivity index (χ0v) is 15.1. The average molecular weight is 360 g/mol. The minimum absolute atomic E-state index is 0.0850. The number of nitrogens with zero attached hydrogens (tertiary/aromatic N) is 1. The molecule has 2 aromatic carbocycles. The molecule has 0 saturated carbocycles. The lowest BCUT2D eigenvalue weighted by Crippen LogP contribution is -2.27. The highest BCUT2D eigenvalue weighted by atomic mass is 35.5. The standard InChI is InChI=1S/C18H14ClNOS2/c1-11-3-8-15(9-12(11)2)20-17(21)16(23-18(20)22)10-13-4-6-14(19)7-5-13/h3-10H,1-2H3. The molecule has 1 saturated heterocycles. The Balaban J connectivity index is 1.93. The molecule has 0 bridgehead atoms. The van der Waals surface area contributed by atoms with Gasteiger partial charge < -0.3 is 0 Å². The van der Waals surface area contributed by atoms with E-state index in [0.717, 1.165) is 16.8 Å². The molecular weight excluding hydrogens is 346 g/mol. The highest BCUT2D eigenvalue weighted by Gasteiger charge is 2.33. The Kier molecular flexibility index (Phi) is 4.57. The largest absolute Gasteiger partial charge is 0.270 e. The summed E-state index contributed by atoms with van der Waals surface area (Å²) in [7, 11) is 0. The van der Waals surface area contributed by atoms with Crippen LogP contribution in [0.2, 0.25) is 5.02 Å². The Hall–Kier alpha value is -1.62. The number of hydrogen-bond donors (Lipinski definition) is 0. The number of thiocarbonyl (C=S) groups is 1. The maximum absolute atomic E-state index is 12.7. The molecule has 1 aliphatic rings. The summed E-state index contributed by atoms with van der Waals surface area (Å²) in [5, 5.41) is 0.671. The maximum Gasteiger partial charge on any atom is 0.270 e. The number of halogens is 1. The number of benzene rings is 2. The number of rotatable bonds is 2. The van der Waals surface area contributed by atoms with E-state index < -0.39 is 0 Å². The third-order valence-corrected chi connectivity index (χ3v) is 5.26. The number of carbonyl (C=O) groups is 1. The van der Waals surface area contributed by atoms with Crippen molar-refractivity contribution in [2.45, 2.75) is 13.8 Å². The lowest BCUT2D eigenvalue weighted by atomic mass is 10.1. The molecular formula is C18H14ClNOS2. The van der Waals surface area contributed by atoms with Crippen LogP contribution < -0.4 is 4.90 Å². The van der Waals surface area contributed by atoms with Crippen LogP contribution in [0.25, 0.3) is 6.08 Å². The topological polar surface area (TPSA) is 20.3 Å². The van der Waals surface area contributed by atoms with Crippen LogP contribution in [0.1, 0.15) is 16.7 Å². The molecule has 0 unspecified atom stereocenters. The van der Waals surface area contributed by atoms with Gasteiger partial charge in [0.15, 0.2) is 4.32 Å². The van der Waals surface area contributed by atoms with Crippen molar-refractivity contribution >= 4 is 57.6 Å². The number of carbonyl (C=O) groups excluding carboxylic acids is 1. The van der Waals surface area contributed by atoms with Crippen molar-refractivity contribution in [3.63, 3.8) is 0 Å². The fraction of sp³-hybridized carbons (Fsp3) is 0.111. The van der Waals surface area contributed by atoms with Crippen LogP contribution in [0.15, 0.2) is 47.4 Å². The van der Waals surface area contributed by atoms with Crippen molar-refractivity contribution in [2.75, 3.05) is 4.90 Å². The van der Waals surface area contributed by atoms with Crippen molar-refractivity contribution in [3.05, 3.63) is 69.1 Å². The van der Waals surface area contributed by atoms with E-state index in [4.69, 9.17) is 23.8 Å². The predicted molar refractivity (Wildman–Crippen MR) is 103 cm³/mol. The Morgan fingerprint density at radius 3 is 2.43 bits per heavy atom. The highest BCUT2D eigenvalue weighted by molar-refractivity contribution is 8.27. The first kappa shape index (κ1) is 16.2. The molecule has 0 spiro atoms. The second-order valence-electron chi connectivity index (χ2n) is 5.34. The van der Waals surface area contributed by atoms with Gasteiger partial charge in [-0.05, 0) is 60.9 Å².